The van der Waals surface area contributed by atoms with E-state index in [-0.39, 0.29) is 5.69 Å². The van der Waals surface area contributed by atoms with Crippen LogP contribution in [0.25, 0.3) is 5.57 Å². The summed E-state index contributed by atoms with van der Waals surface area (Å²) in [6.07, 6.45) is 3.14. The first kappa shape index (κ1) is 14.7. The molecule has 0 atom stereocenters. The molecule has 1 aliphatic rings. The van der Waals surface area contributed by atoms with E-state index in [2.05, 4.69) is 11.1 Å². The average molecular weight is 307 g/mol. The topological polar surface area (TPSA) is 89.0 Å². The summed E-state index contributed by atoms with van der Waals surface area (Å²) >= 11 is 0. The monoisotopic (exact) mass is 307 g/mol. The van der Waals surface area contributed by atoms with E-state index in [1.807, 2.05) is 19.9 Å². The van der Waals surface area contributed by atoms with Gasteiger partial charge in [0.1, 0.15) is 17.5 Å². The molecule has 0 bridgehead atoms. The number of aromatic nitrogens is 1. The van der Waals surface area contributed by atoms with Crippen LogP contribution in [0.4, 0.5) is 5.69 Å². The summed E-state index contributed by atoms with van der Waals surface area (Å²) in [6.45, 7) is 3.83. The average Bonchev–Trinajstić information content (AvgIpc) is 2.53. The first-order chi connectivity index (χ1) is 10.9. The SMILES string of the molecule is CC1(C)C=C(c2ccc([N+](=O)[O-])cn2)c2cc(C#N)ccc2O1. The molecule has 23 heavy (non-hydrogen) atoms. The second kappa shape index (κ2) is 5.21. The Morgan fingerprint density at radius 3 is 2.70 bits per heavy atom. The first-order valence-corrected chi connectivity index (χ1v) is 6.97. The molecule has 3 rings (SSSR count). The highest BCUT2D eigenvalue weighted by Gasteiger charge is 2.28. The quantitative estimate of drug-likeness (QED) is 0.626. The standard InChI is InChI=1S/C17H13N3O3/c1-17(2)8-14(15-5-4-12(10-19-15)20(21)22)13-7-11(9-18)3-6-16(13)23-17/h3-8,10H,1-2H3. The zero-order chi connectivity index (χ0) is 16.6. The maximum Gasteiger partial charge on any atom is 0.287 e. The smallest absolute Gasteiger partial charge is 0.287 e. The number of fused-ring (bicyclic) bond motifs is 1. The van der Waals surface area contributed by atoms with Crippen molar-refractivity contribution in [3.05, 3.63) is 69.5 Å². The second-order valence-corrected chi connectivity index (χ2v) is 5.75. The van der Waals surface area contributed by atoms with E-state index in [0.29, 0.717) is 17.0 Å². The van der Waals surface area contributed by atoms with Gasteiger partial charge in [-0.2, -0.15) is 5.26 Å². The predicted octanol–water partition coefficient (Wildman–Crippen LogP) is 3.46. The predicted molar refractivity (Wildman–Crippen MR) is 83.8 cm³/mol. The van der Waals surface area contributed by atoms with E-state index in [0.717, 1.165) is 11.1 Å². The van der Waals surface area contributed by atoms with E-state index in [1.165, 1.54) is 12.3 Å². The number of nitriles is 1. The molecule has 0 saturated carbocycles. The summed E-state index contributed by atoms with van der Waals surface area (Å²) in [4.78, 5) is 14.5. The molecule has 1 aromatic carbocycles. The van der Waals surface area contributed by atoms with Crippen molar-refractivity contribution in [3.63, 3.8) is 0 Å². The third-order valence-corrected chi connectivity index (χ3v) is 3.50. The van der Waals surface area contributed by atoms with Crippen LogP contribution in [0, 0.1) is 21.4 Å². The normalized spacial score (nSPS) is 14.9. The minimum Gasteiger partial charge on any atom is -0.483 e. The Bertz CT molecular complexity index is 862. The van der Waals surface area contributed by atoms with Crippen LogP contribution < -0.4 is 4.74 Å². The second-order valence-electron chi connectivity index (χ2n) is 5.75. The van der Waals surface area contributed by atoms with Crippen LogP contribution in [0.5, 0.6) is 5.75 Å². The van der Waals surface area contributed by atoms with Crippen molar-refractivity contribution in [2.24, 2.45) is 0 Å². The molecule has 1 aliphatic heterocycles. The van der Waals surface area contributed by atoms with Crippen molar-refractivity contribution in [3.8, 4) is 11.8 Å². The van der Waals surface area contributed by atoms with Gasteiger partial charge in [-0.3, -0.25) is 10.1 Å². The Labute approximate surface area is 132 Å². The van der Waals surface area contributed by atoms with Crippen molar-refractivity contribution in [2.45, 2.75) is 19.4 Å². The van der Waals surface area contributed by atoms with E-state index in [9.17, 15) is 10.1 Å². The Morgan fingerprint density at radius 2 is 2.09 bits per heavy atom. The largest absolute Gasteiger partial charge is 0.483 e. The number of ether oxygens (including phenoxy) is 1. The lowest BCUT2D eigenvalue weighted by Crippen LogP contribution is -2.29. The molecule has 0 aliphatic carbocycles. The number of hydrogen-bond acceptors (Lipinski definition) is 5. The number of nitrogens with zero attached hydrogens (tertiary/aromatic N) is 3. The summed E-state index contributed by atoms with van der Waals surface area (Å²) in [5, 5.41) is 19.9. The molecule has 0 saturated heterocycles. The zero-order valence-corrected chi connectivity index (χ0v) is 12.6. The summed E-state index contributed by atoms with van der Waals surface area (Å²) in [7, 11) is 0. The third kappa shape index (κ3) is 2.77. The van der Waals surface area contributed by atoms with Crippen LogP contribution in [-0.2, 0) is 0 Å². The molecule has 2 heterocycles. The number of hydrogen-bond donors (Lipinski definition) is 0. The van der Waals surface area contributed by atoms with Gasteiger partial charge in [0.25, 0.3) is 5.69 Å². The summed E-state index contributed by atoms with van der Waals surface area (Å²) in [5.41, 5.74) is 2.06. The van der Waals surface area contributed by atoms with Gasteiger partial charge in [-0.05, 0) is 44.2 Å². The molecule has 0 amide bonds. The number of benzene rings is 1. The Kier molecular flexibility index (Phi) is 3.34. The van der Waals surface area contributed by atoms with Gasteiger partial charge >= 0.3 is 0 Å². The molecule has 0 N–H and O–H groups in total. The van der Waals surface area contributed by atoms with E-state index in [1.54, 1.807) is 24.3 Å². The fraction of sp³-hybridized carbons (Fsp3) is 0.176. The van der Waals surface area contributed by atoms with E-state index in [4.69, 9.17) is 10.00 Å². The molecule has 1 aromatic heterocycles. The van der Waals surface area contributed by atoms with Gasteiger partial charge in [0.15, 0.2) is 0 Å². The van der Waals surface area contributed by atoms with Crippen LogP contribution in [0.1, 0.15) is 30.7 Å². The highest BCUT2D eigenvalue weighted by Crippen LogP contribution is 2.39. The van der Waals surface area contributed by atoms with Crippen LogP contribution in [-0.4, -0.2) is 15.5 Å². The van der Waals surface area contributed by atoms with Gasteiger partial charge in [0.05, 0.1) is 22.2 Å². The van der Waals surface area contributed by atoms with Crippen molar-refractivity contribution in [2.75, 3.05) is 0 Å². The third-order valence-electron chi connectivity index (χ3n) is 3.50. The minimum atomic E-state index is -0.542. The van der Waals surface area contributed by atoms with Gasteiger partial charge in [-0.15, -0.1) is 0 Å². The summed E-state index contributed by atoms with van der Waals surface area (Å²) in [6, 6.07) is 10.3. The van der Waals surface area contributed by atoms with Gasteiger partial charge in [0, 0.05) is 17.2 Å². The van der Waals surface area contributed by atoms with Crippen molar-refractivity contribution in [1.82, 2.24) is 4.98 Å². The Morgan fingerprint density at radius 1 is 1.30 bits per heavy atom. The molecule has 114 valence electrons. The fourth-order valence-corrected chi connectivity index (χ4v) is 2.50. The highest BCUT2D eigenvalue weighted by atomic mass is 16.6. The lowest BCUT2D eigenvalue weighted by molar-refractivity contribution is -0.385. The number of nitro groups is 1. The molecule has 0 spiro atoms. The van der Waals surface area contributed by atoms with Crippen LogP contribution in [0.3, 0.4) is 0 Å². The van der Waals surface area contributed by atoms with Gasteiger partial charge in [-0.1, -0.05) is 0 Å². The van der Waals surface area contributed by atoms with Gasteiger partial charge in [-0.25, -0.2) is 4.98 Å². The first-order valence-electron chi connectivity index (χ1n) is 6.97. The van der Waals surface area contributed by atoms with E-state index < -0.39 is 10.5 Å². The summed E-state index contributed by atoms with van der Waals surface area (Å²) < 4.78 is 5.91. The molecular weight excluding hydrogens is 294 g/mol. The lowest BCUT2D eigenvalue weighted by atomic mass is 9.91. The summed E-state index contributed by atoms with van der Waals surface area (Å²) in [5.74, 6) is 0.659. The Balaban J connectivity index is 2.15. The van der Waals surface area contributed by atoms with Crippen molar-refractivity contribution >= 4 is 11.3 Å². The Hall–Kier alpha value is -3.20. The van der Waals surface area contributed by atoms with Gasteiger partial charge < -0.3 is 4.74 Å². The van der Waals surface area contributed by atoms with Crippen LogP contribution >= 0.6 is 0 Å². The zero-order valence-electron chi connectivity index (χ0n) is 12.6. The van der Waals surface area contributed by atoms with Crippen molar-refractivity contribution < 1.29 is 9.66 Å². The molecular formula is C17H13N3O3. The molecule has 6 heteroatoms. The van der Waals surface area contributed by atoms with Crippen molar-refractivity contribution in [1.29, 1.82) is 5.26 Å². The minimum absolute atomic E-state index is 0.0633. The molecule has 0 unspecified atom stereocenters. The maximum absolute atomic E-state index is 10.8. The van der Waals surface area contributed by atoms with Crippen LogP contribution in [0.2, 0.25) is 0 Å². The number of rotatable bonds is 2. The maximum atomic E-state index is 10.8. The molecule has 0 fully saturated rings. The molecule has 2 aromatic rings. The highest BCUT2D eigenvalue weighted by molar-refractivity contribution is 5.84. The fourth-order valence-electron chi connectivity index (χ4n) is 2.50. The lowest BCUT2D eigenvalue weighted by Gasteiger charge is -2.31. The van der Waals surface area contributed by atoms with Crippen LogP contribution in [0.15, 0.2) is 42.6 Å². The molecule has 6 nitrogen and oxygen atoms in total. The van der Waals surface area contributed by atoms with Gasteiger partial charge in [0.2, 0.25) is 0 Å². The van der Waals surface area contributed by atoms with E-state index >= 15 is 0 Å². The molecule has 0 radical (unpaired) electrons. The number of pyridine rings is 1.